The summed E-state index contributed by atoms with van der Waals surface area (Å²) in [7, 11) is -0.373. The van der Waals surface area contributed by atoms with E-state index in [0.29, 0.717) is 5.56 Å². The maximum Gasteiger partial charge on any atom is 0.494 e. The number of benzene rings is 1. The van der Waals surface area contributed by atoms with Gasteiger partial charge in [-0.25, -0.2) is 4.68 Å². The molecule has 0 spiro atoms. The molecule has 0 bridgehead atoms. The molecule has 1 aliphatic rings. The van der Waals surface area contributed by atoms with E-state index in [9.17, 15) is 4.79 Å². The lowest BCUT2D eigenvalue weighted by Gasteiger charge is -2.32. The first-order valence-electron chi connectivity index (χ1n) is 7.28. The standard InChI is InChI=1S/C16H19BN2O3/c1-15(2)16(3,4)22-17(21-15)13-5-7-14(8-6-13)19-10-12(11-20)9-18-19/h5-11H,1-4H3. The first-order chi connectivity index (χ1) is 10.3. The van der Waals surface area contributed by atoms with Crippen LogP contribution < -0.4 is 5.46 Å². The smallest absolute Gasteiger partial charge is 0.399 e. The lowest BCUT2D eigenvalue weighted by molar-refractivity contribution is 0.00578. The van der Waals surface area contributed by atoms with Gasteiger partial charge in [-0.15, -0.1) is 0 Å². The zero-order valence-electron chi connectivity index (χ0n) is 13.2. The van der Waals surface area contributed by atoms with Crippen LogP contribution in [0.3, 0.4) is 0 Å². The number of hydrogen-bond acceptors (Lipinski definition) is 4. The van der Waals surface area contributed by atoms with Gasteiger partial charge < -0.3 is 9.31 Å². The van der Waals surface area contributed by atoms with Crippen molar-refractivity contribution < 1.29 is 14.1 Å². The molecule has 0 amide bonds. The van der Waals surface area contributed by atoms with Gasteiger partial charge >= 0.3 is 7.12 Å². The third kappa shape index (κ3) is 2.49. The van der Waals surface area contributed by atoms with Crippen LogP contribution in [-0.4, -0.2) is 34.4 Å². The molecule has 1 fully saturated rings. The molecule has 0 radical (unpaired) electrons. The SMILES string of the molecule is CC1(C)OB(c2ccc(-n3cc(C=O)cn3)cc2)OC1(C)C. The summed E-state index contributed by atoms with van der Waals surface area (Å²) in [6.45, 7) is 8.14. The lowest BCUT2D eigenvalue weighted by atomic mass is 9.79. The summed E-state index contributed by atoms with van der Waals surface area (Å²) < 4.78 is 13.7. The molecule has 6 heteroatoms. The largest absolute Gasteiger partial charge is 0.494 e. The molecule has 0 atom stereocenters. The van der Waals surface area contributed by atoms with Gasteiger partial charge in [0.1, 0.15) is 0 Å². The second-order valence-corrected chi connectivity index (χ2v) is 6.52. The van der Waals surface area contributed by atoms with Gasteiger partial charge in [0.2, 0.25) is 0 Å². The minimum atomic E-state index is -0.373. The molecule has 2 heterocycles. The van der Waals surface area contributed by atoms with E-state index < -0.39 is 0 Å². The number of carbonyl (C=O) groups is 1. The molecular formula is C16H19BN2O3. The Morgan fingerprint density at radius 3 is 2.18 bits per heavy atom. The van der Waals surface area contributed by atoms with Crippen molar-refractivity contribution in [1.29, 1.82) is 0 Å². The van der Waals surface area contributed by atoms with Crippen molar-refractivity contribution >= 4 is 18.9 Å². The van der Waals surface area contributed by atoms with Crippen LogP contribution in [0.2, 0.25) is 0 Å². The van der Waals surface area contributed by atoms with E-state index in [1.165, 1.54) is 6.20 Å². The van der Waals surface area contributed by atoms with Crippen LogP contribution in [0.15, 0.2) is 36.7 Å². The molecule has 0 unspecified atom stereocenters. The van der Waals surface area contributed by atoms with Crippen LogP contribution >= 0.6 is 0 Å². The fourth-order valence-corrected chi connectivity index (χ4v) is 2.30. The van der Waals surface area contributed by atoms with Crippen LogP contribution in [0.5, 0.6) is 0 Å². The summed E-state index contributed by atoms with van der Waals surface area (Å²) in [5, 5.41) is 4.15. The molecule has 0 aliphatic carbocycles. The van der Waals surface area contributed by atoms with Gasteiger partial charge in [0.05, 0.1) is 28.6 Å². The normalized spacial score (nSPS) is 19.4. The molecule has 1 aromatic carbocycles. The van der Waals surface area contributed by atoms with Crippen molar-refractivity contribution in [3.05, 3.63) is 42.2 Å². The van der Waals surface area contributed by atoms with Gasteiger partial charge in [-0.1, -0.05) is 12.1 Å². The van der Waals surface area contributed by atoms with Crippen molar-refractivity contribution in [2.75, 3.05) is 0 Å². The summed E-state index contributed by atoms with van der Waals surface area (Å²) in [5.74, 6) is 0. The van der Waals surface area contributed by atoms with Gasteiger partial charge in [-0.05, 0) is 45.3 Å². The zero-order chi connectivity index (χ0) is 16.0. The van der Waals surface area contributed by atoms with Crippen molar-refractivity contribution in [3.8, 4) is 5.69 Å². The Labute approximate surface area is 130 Å². The topological polar surface area (TPSA) is 53.4 Å². The fourth-order valence-electron chi connectivity index (χ4n) is 2.30. The number of nitrogens with zero attached hydrogens (tertiary/aromatic N) is 2. The molecule has 5 nitrogen and oxygen atoms in total. The summed E-state index contributed by atoms with van der Waals surface area (Å²) in [6.07, 6.45) is 4.01. The first kappa shape index (κ1) is 15.0. The van der Waals surface area contributed by atoms with Gasteiger partial charge in [0.25, 0.3) is 0 Å². The highest BCUT2D eigenvalue weighted by molar-refractivity contribution is 6.62. The quantitative estimate of drug-likeness (QED) is 0.642. The summed E-state index contributed by atoms with van der Waals surface area (Å²) in [4.78, 5) is 10.7. The van der Waals surface area contributed by atoms with E-state index in [1.54, 1.807) is 10.9 Å². The Kier molecular flexibility index (Phi) is 3.46. The molecular weight excluding hydrogens is 279 g/mol. The molecule has 0 N–H and O–H groups in total. The van der Waals surface area contributed by atoms with Crippen LogP contribution in [0.1, 0.15) is 38.1 Å². The van der Waals surface area contributed by atoms with Crippen LogP contribution in [-0.2, 0) is 9.31 Å². The average molecular weight is 298 g/mol. The Morgan fingerprint density at radius 2 is 1.68 bits per heavy atom. The van der Waals surface area contributed by atoms with E-state index in [2.05, 4.69) is 5.10 Å². The molecule has 1 aliphatic heterocycles. The van der Waals surface area contributed by atoms with Gasteiger partial charge in [-0.3, -0.25) is 4.79 Å². The van der Waals surface area contributed by atoms with E-state index in [0.717, 1.165) is 17.4 Å². The van der Waals surface area contributed by atoms with Gasteiger partial charge in [0.15, 0.2) is 6.29 Å². The maximum absolute atomic E-state index is 10.7. The van der Waals surface area contributed by atoms with Gasteiger partial charge in [-0.2, -0.15) is 5.10 Å². The molecule has 114 valence electrons. The maximum atomic E-state index is 10.7. The van der Waals surface area contributed by atoms with E-state index >= 15 is 0 Å². The monoisotopic (exact) mass is 298 g/mol. The Hall–Kier alpha value is -1.92. The average Bonchev–Trinajstić information content (AvgIpc) is 3.02. The third-order valence-corrected chi connectivity index (χ3v) is 4.42. The van der Waals surface area contributed by atoms with Crippen molar-refractivity contribution in [1.82, 2.24) is 9.78 Å². The second-order valence-electron chi connectivity index (χ2n) is 6.52. The molecule has 3 rings (SSSR count). The minimum Gasteiger partial charge on any atom is -0.399 e. The zero-order valence-corrected chi connectivity index (χ0v) is 13.2. The molecule has 1 aromatic heterocycles. The highest BCUT2D eigenvalue weighted by atomic mass is 16.7. The highest BCUT2D eigenvalue weighted by Crippen LogP contribution is 2.36. The lowest BCUT2D eigenvalue weighted by Crippen LogP contribution is -2.41. The van der Waals surface area contributed by atoms with Crippen molar-refractivity contribution in [3.63, 3.8) is 0 Å². The predicted molar refractivity (Wildman–Crippen MR) is 84.7 cm³/mol. The van der Waals surface area contributed by atoms with Crippen molar-refractivity contribution in [2.45, 2.75) is 38.9 Å². The highest BCUT2D eigenvalue weighted by Gasteiger charge is 2.51. The fraction of sp³-hybridized carbons (Fsp3) is 0.375. The van der Waals surface area contributed by atoms with E-state index in [4.69, 9.17) is 9.31 Å². The summed E-state index contributed by atoms with van der Waals surface area (Å²) in [5.41, 5.74) is 1.70. The number of carbonyl (C=O) groups excluding carboxylic acids is 1. The molecule has 2 aromatic rings. The third-order valence-electron chi connectivity index (χ3n) is 4.42. The second kappa shape index (κ2) is 5.07. The molecule has 1 saturated heterocycles. The Balaban J connectivity index is 1.82. The molecule has 22 heavy (non-hydrogen) atoms. The number of rotatable bonds is 3. The van der Waals surface area contributed by atoms with Crippen LogP contribution in [0.4, 0.5) is 0 Å². The van der Waals surface area contributed by atoms with Crippen LogP contribution in [0.25, 0.3) is 5.69 Å². The van der Waals surface area contributed by atoms with Gasteiger partial charge in [0, 0.05) is 6.20 Å². The number of aldehydes is 1. The van der Waals surface area contributed by atoms with E-state index in [-0.39, 0.29) is 18.3 Å². The first-order valence-corrected chi connectivity index (χ1v) is 7.28. The summed E-state index contributed by atoms with van der Waals surface area (Å²) in [6, 6.07) is 7.78. The van der Waals surface area contributed by atoms with Crippen molar-refractivity contribution in [2.24, 2.45) is 0 Å². The minimum absolute atomic E-state index is 0.350. The molecule has 0 saturated carbocycles. The number of aromatic nitrogens is 2. The Morgan fingerprint density at radius 1 is 1.09 bits per heavy atom. The Bertz CT molecular complexity index is 676. The van der Waals surface area contributed by atoms with Crippen LogP contribution in [0, 0.1) is 0 Å². The van der Waals surface area contributed by atoms with E-state index in [1.807, 2.05) is 52.0 Å². The number of hydrogen-bond donors (Lipinski definition) is 0. The predicted octanol–water partition coefficient (Wildman–Crippen LogP) is 1.98. The summed E-state index contributed by atoms with van der Waals surface area (Å²) >= 11 is 0.